The summed E-state index contributed by atoms with van der Waals surface area (Å²) in [5.41, 5.74) is 9.97. The second-order valence-electron chi connectivity index (χ2n) is 14.0. The Morgan fingerprint density at radius 2 is 1.52 bits per heavy atom. The molecule has 0 fully saturated rings. The first-order chi connectivity index (χ1) is 21.2. The molecule has 1 aromatic carbocycles. The smallest absolute Gasteiger partial charge is 0.405 e. The number of ether oxygens (including phenoxy) is 4. The van der Waals surface area contributed by atoms with E-state index in [0.717, 1.165) is 24.8 Å². The number of benzene rings is 1. The van der Waals surface area contributed by atoms with Crippen LogP contribution in [0, 0.1) is 29.1 Å². The standard InChI is InChI=1S/C30H50N2O6.C5H11NO2/c1-20(2)23(16-22-10-13-26(37-8)27(17-22)38-15-9-14-36-7)11-12-24(33)18-25(21(3)4)28(34)32-19-30(5,6)29(31)35;1-5(2,3)8-4(6)7/h10,13,17,20-21,23,25H,9,11-12,14-16,18-19H2,1-8H3,(H2,31,35)(H,32,34);1-3H3,(H2,6,7). The van der Waals surface area contributed by atoms with E-state index in [4.69, 9.17) is 25.7 Å². The molecule has 0 saturated heterocycles. The minimum atomic E-state index is -0.845. The Kier molecular flexibility index (Phi) is 19.2. The Balaban J connectivity index is 0.00000222. The summed E-state index contributed by atoms with van der Waals surface area (Å²) in [6.07, 6.45) is 2.24. The molecule has 11 heteroatoms. The molecule has 11 nitrogen and oxygen atoms in total. The summed E-state index contributed by atoms with van der Waals surface area (Å²) in [5.74, 6) is 1.05. The fraction of sp³-hybridized carbons (Fsp3) is 0.714. The van der Waals surface area contributed by atoms with Crippen molar-refractivity contribution >= 4 is 23.7 Å². The SMILES string of the molecule is CC(C)(C)OC(N)=O.COCCCOc1cc(CC(CCC(=O)CC(C(=O)NCC(C)(C)C(N)=O)C(C)C)C(C)C)ccc1OC. The van der Waals surface area contributed by atoms with Crippen molar-refractivity contribution in [3.05, 3.63) is 23.8 Å². The van der Waals surface area contributed by atoms with Gasteiger partial charge in [-0.15, -0.1) is 0 Å². The first kappa shape index (κ1) is 42.7. The van der Waals surface area contributed by atoms with Gasteiger partial charge in [-0.25, -0.2) is 4.79 Å². The molecule has 2 unspecified atom stereocenters. The van der Waals surface area contributed by atoms with Gasteiger partial charge >= 0.3 is 6.09 Å². The fourth-order valence-electron chi connectivity index (χ4n) is 4.47. The van der Waals surface area contributed by atoms with Gasteiger partial charge in [-0.05, 0) is 82.9 Å². The molecule has 1 rings (SSSR count). The number of nitrogens with one attached hydrogen (secondary N) is 1. The number of amides is 3. The van der Waals surface area contributed by atoms with Gasteiger partial charge in [0, 0.05) is 45.4 Å². The summed E-state index contributed by atoms with van der Waals surface area (Å²) >= 11 is 0. The average Bonchev–Trinajstić information content (AvgIpc) is 2.93. The van der Waals surface area contributed by atoms with E-state index in [1.54, 1.807) is 48.8 Å². The highest BCUT2D eigenvalue weighted by molar-refractivity contribution is 5.87. The van der Waals surface area contributed by atoms with E-state index in [1.165, 1.54) is 0 Å². The number of hydrogen-bond donors (Lipinski definition) is 3. The molecule has 2 atom stereocenters. The van der Waals surface area contributed by atoms with E-state index in [2.05, 4.69) is 23.9 Å². The predicted octanol–water partition coefficient (Wildman–Crippen LogP) is 5.44. The second-order valence-corrected chi connectivity index (χ2v) is 14.0. The lowest BCUT2D eigenvalue weighted by Gasteiger charge is -2.25. The number of primary amides is 2. The third kappa shape index (κ3) is 18.0. The number of rotatable bonds is 19. The molecule has 264 valence electrons. The van der Waals surface area contributed by atoms with Gasteiger partial charge in [0.2, 0.25) is 11.8 Å². The average molecular weight is 652 g/mol. The molecule has 0 aromatic heterocycles. The predicted molar refractivity (Wildman–Crippen MR) is 181 cm³/mol. The van der Waals surface area contributed by atoms with Gasteiger partial charge in [0.15, 0.2) is 11.5 Å². The molecular formula is C35H61N3O8. The summed E-state index contributed by atoms with van der Waals surface area (Å²) in [7, 11) is 3.30. The zero-order chi connectivity index (χ0) is 35.7. The van der Waals surface area contributed by atoms with Crippen LogP contribution >= 0.6 is 0 Å². The molecule has 0 saturated carbocycles. The van der Waals surface area contributed by atoms with Crippen LogP contribution in [0.2, 0.25) is 0 Å². The zero-order valence-electron chi connectivity index (χ0n) is 30.1. The molecule has 0 spiro atoms. The van der Waals surface area contributed by atoms with Crippen LogP contribution in [-0.2, 0) is 30.3 Å². The Labute approximate surface area is 276 Å². The van der Waals surface area contributed by atoms with Crippen LogP contribution in [0.15, 0.2) is 18.2 Å². The van der Waals surface area contributed by atoms with Gasteiger partial charge in [-0.3, -0.25) is 14.4 Å². The van der Waals surface area contributed by atoms with E-state index in [-0.39, 0.29) is 30.6 Å². The molecular weight excluding hydrogens is 590 g/mol. The number of carbonyl (C=O) groups excluding carboxylic acids is 4. The van der Waals surface area contributed by atoms with Crippen LogP contribution in [-0.4, -0.2) is 63.3 Å². The highest BCUT2D eigenvalue weighted by atomic mass is 16.6. The molecule has 0 aliphatic rings. The Hall–Kier alpha value is -3.34. The molecule has 46 heavy (non-hydrogen) atoms. The maximum Gasteiger partial charge on any atom is 0.405 e. The maximum absolute atomic E-state index is 13.0. The molecule has 3 amide bonds. The molecule has 0 bridgehead atoms. The van der Waals surface area contributed by atoms with Gasteiger partial charge in [-0.1, -0.05) is 33.8 Å². The number of Topliss-reactive ketones (excluding diaryl/α,β-unsaturated/α-hetero) is 1. The fourth-order valence-corrected chi connectivity index (χ4v) is 4.47. The van der Waals surface area contributed by atoms with E-state index >= 15 is 0 Å². The monoisotopic (exact) mass is 651 g/mol. The number of ketones is 1. The summed E-state index contributed by atoms with van der Waals surface area (Å²) in [5, 5.41) is 2.82. The van der Waals surface area contributed by atoms with Crippen LogP contribution in [0.4, 0.5) is 4.79 Å². The van der Waals surface area contributed by atoms with Crippen molar-refractivity contribution in [2.45, 2.75) is 100 Å². The van der Waals surface area contributed by atoms with E-state index < -0.39 is 28.9 Å². The molecule has 1 aromatic rings. The van der Waals surface area contributed by atoms with Crippen molar-refractivity contribution in [3.63, 3.8) is 0 Å². The molecule has 0 heterocycles. The summed E-state index contributed by atoms with van der Waals surface area (Å²) in [4.78, 5) is 47.4. The number of hydrogen-bond acceptors (Lipinski definition) is 8. The van der Waals surface area contributed by atoms with Gasteiger partial charge in [0.25, 0.3) is 0 Å². The van der Waals surface area contributed by atoms with Crippen molar-refractivity contribution in [3.8, 4) is 11.5 Å². The van der Waals surface area contributed by atoms with Crippen molar-refractivity contribution < 1.29 is 38.1 Å². The van der Waals surface area contributed by atoms with Crippen molar-refractivity contribution in [1.82, 2.24) is 5.32 Å². The summed E-state index contributed by atoms with van der Waals surface area (Å²) in [6.45, 7) is 18.2. The lowest BCUT2D eigenvalue weighted by molar-refractivity contribution is -0.132. The Morgan fingerprint density at radius 1 is 0.891 bits per heavy atom. The normalized spacial score (nSPS) is 12.9. The second kappa shape index (κ2) is 20.7. The molecule has 0 aliphatic carbocycles. The summed E-state index contributed by atoms with van der Waals surface area (Å²) < 4.78 is 21.1. The minimum absolute atomic E-state index is 0.00172. The lowest BCUT2D eigenvalue weighted by atomic mass is 9.83. The summed E-state index contributed by atoms with van der Waals surface area (Å²) in [6, 6.07) is 6.00. The van der Waals surface area contributed by atoms with Gasteiger partial charge in [-0.2, -0.15) is 0 Å². The Bertz CT molecular complexity index is 1100. The first-order valence-corrected chi connectivity index (χ1v) is 16.1. The molecule has 0 aliphatic heterocycles. The van der Waals surface area contributed by atoms with E-state index in [9.17, 15) is 19.2 Å². The Morgan fingerprint density at radius 3 is 1.98 bits per heavy atom. The van der Waals surface area contributed by atoms with Crippen LogP contribution in [0.1, 0.15) is 93.6 Å². The molecule has 0 radical (unpaired) electrons. The van der Waals surface area contributed by atoms with E-state index in [1.807, 2.05) is 32.0 Å². The van der Waals surface area contributed by atoms with Gasteiger partial charge in [0.05, 0.1) is 19.1 Å². The van der Waals surface area contributed by atoms with Gasteiger partial charge < -0.3 is 35.7 Å². The largest absolute Gasteiger partial charge is 0.493 e. The van der Waals surface area contributed by atoms with Crippen molar-refractivity contribution in [2.24, 2.45) is 40.6 Å². The minimum Gasteiger partial charge on any atom is -0.493 e. The van der Waals surface area contributed by atoms with Crippen LogP contribution in [0.5, 0.6) is 11.5 Å². The number of carbonyl (C=O) groups is 4. The van der Waals surface area contributed by atoms with Crippen molar-refractivity contribution in [2.75, 3.05) is 34.0 Å². The lowest BCUT2D eigenvalue weighted by Crippen LogP contribution is -2.45. The van der Waals surface area contributed by atoms with Crippen LogP contribution < -0.4 is 26.3 Å². The first-order valence-electron chi connectivity index (χ1n) is 16.1. The van der Waals surface area contributed by atoms with E-state index in [0.29, 0.717) is 43.0 Å². The number of methoxy groups -OCH3 is 2. The topological polar surface area (TPSA) is 169 Å². The third-order valence-corrected chi connectivity index (χ3v) is 7.58. The third-order valence-electron chi connectivity index (χ3n) is 7.58. The highest BCUT2D eigenvalue weighted by Gasteiger charge is 2.30. The number of nitrogens with two attached hydrogens (primary N) is 2. The zero-order valence-corrected chi connectivity index (χ0v) is 30.1. The maximum atomic E-state index is 13.0. The van der Waals surface area contributed by atoms with Crippen LogP contribution in [0.3, 0.4) is 0 Å². The quantitative estimate of drug-likeness (QED) is 0.166. The van der Waals surface area contributed by atoms with Crippen LogP contribution in [0.25, 0.3) is 0 Å². The molecule has 5 N–H and O–H groups in total. The van der Waals surface area contributed by atoms with Gasteiger partial charge in [0.1, 0.15) is 11.4 Å². The highest BCUT2D eigenvalue weighted by Crippen LogP contribution is 2.31. The van der Waals surface area contributed by atoms with Crippen molar-refractivity contribution in [1.29, 1.82) is 0 Å².